The van der Waals surface area contributed by atoms with E-state index in [-0.39, 0.29) is 12.0 Å². The van der Waals surface area contributed by atoms with Crippen molar-refractivity contribution in [3.63, 3.8) is 0 Å². The Labute approximate surface area is 219 Å². The van der Waals surface area contributed by atoms with E-state index in [9.17, 15) is 14.7 Å². The maximum Gasteiger partial charge on any atom is 0.306 e. The fourth-order valence-corrected chi connectivity index (χ4v) is 5.40. The summed E-state index contributed by atoms with van der Waals surface area (Å²) < 4.78 is 0. The van der Waals surface area contributed by atoms with Gasteiger partial charge in [-0.2, -0.15) is 0 Å². The Balaban J connectivity index is 1.49. The van der Waals surface area contributed by atoms with Gasteiger partial charge in [0.2, 0.25) is 5.91 Å². The average molecular weight is 518 g/mol. The van der Waals surface area contributed by atoms with E-state index in [2.05, 4.69) is 22.0 Å². The van der Waals surface area contributed by atoms with Crippen molar-refractivity contribution < 1.29 is 14.7 Å². The van der Waals surface area contributed by atoms with Gasteiger partial charge in [0.25, 0.3) is 0 Å². The molecular weight excluding hydrogens is 490 g/mol. The van der Waals surface area contributed by atoms with Crippen LogP contribution in [0.2, 0.25) is 5.15 Å². The number of imidazole rings is 1. The van der Waals surface area contributed by atoms with Crippen molar-refractivity contribution in [1.82, 2.24) is 14.9 Å². The molecule has 3 aromatic rings. The highest BCUT2D eigenvalue weighted by atomic mass is 35.5. The fraction of sp³-hybridized carbons (Fsp3) is 0.250. The molecule has 2 heterocycles. The highest BCUT2D eigenvalue weighted by Crippen LogP contribution is 2.39. The summed E-state index contributed by atoms with van der Waals surface area (Å²) in [5.41, 5.74) is 17.1. The van der Waals surface area contributed by atoms with Crippen molar-refractivity contribution in [2.45, 2.75) is 37.9 Å². The SMILES string of the molecule is NC(=O)c1ccc(-c2nc(C(Cc3ccccc3)N3C=CC4=C(CCC(C(=O)O)C4)C3N)[nH]c2Cl)cc1. The molecule has 1 aliphatic carbocycles. The molecule has 2 aromatic carbocycles. The summed E-state index contributed by atoms with van der Waals surface area (Å²) in [6.07, 6.45) is 5.85. The third kappa shape index (κ3) is 5.03. The van der Waals surface area contributed by atoms with Crippen LogP contribution in [0.4, 0.5) is 0 Å². The number of aromatic nitrogens is 2. The Morgan fingerprint density at radius 2 is 1.89 bits per heavy atom. The molecule has 0 saturated heterocycles. The van der Waals surface area contributed by atoms with Gasteiger partial charge in [-0.15, -0.1) is 0 Å². The fourth-order valence-electron chi connectivity index (χ4n) is 5.15. The minimum Gasteiger partial charge on any atom is -0.481 e. The van der Waals surface area contributed by atoms with Crippen LogP contribution in [0.5, 0.6) is 0 Å². The molecule has 1 amide bonds. The maximum absolute atomic E-state index is 11.5. The van der Waals surface area contributed by atoms with E-state index in [0.29, 0.717) is 47.9 Å². The van der Waals surface area contributed by atoms with Crippen LogP contribution in [0.3, 0.4) is 0 Å². The molecule has 3 unspecified atom stereocenters. The predicted octanol–water partition coefficient (Wildman–Crippen LogP) is 4.41. The minimum absolute atomic E-state index is 0.254. The van der Waals surface area contributed by atoms with Crippen LogP contribution in [0.25, 0.3) is 11.3 Å². The van der Waals surface area contributed by atoms with E-state index in [1.807, 2.05) is 30.5 Å². The van der Waals surface area contributed by atoms with Gasteiger partial charge >= 0.3 is 5.97 Å². The number of nitrogens with one attached hydrogen (secondary N) is 1. The number of amides is 1. The number of rotatable bonds is 7. The van der Waals surface area contributed by atoms with Crippen molar-refractivity contribution in [2.75, 3.05) is 0 Å². The van der Waals surface area contributed by atoms with Crippen LogP contribution in [0, 0.1) is 5.92 Å². The first-order valence-corrected chi connectivity index (χ1v) is 12.5. The number of hydrogen-bond donors (Lipinski definition) is 4. The van der Waals surface area contributed by atoms with Gasteiger partial charge in [-0.1, -0.05) is 54.1 Å². The number of nitrogens with two attached hydrogens (primary N) is 2. The number of halogens is 1. The molecule has 37 heavy (non-hydrogen) atoms. The van der Waals surface area contributed by atoms with Crippen molar-refractivity contribution in [2.24, 2.45) is 17.4 Å². The number of aliphatic carboxylic acids is 1. The van der Waals surface area contributed by atoms with E-state index in [1.54, 1.807) is 24.3 Å². The van der Waals surface area contributed by atoms with Crippen molar-refractivity contribution in [3.8, 4) is 11.3 Å². The van der Waals surface area contributed by atoms with Gasteiger partial charge in [-0.25, -0.2) is 4.98 Å². The van der Waals surface area contributed by atoms with E-state index >= 15 is 0 Å². The zero-order valence-corrected chi connectivity index (χ0v) is 20.9. The molecule has 2 aliphatic rings. The Morgan fingerprint density at radius 1 is 1.16 bits per heavy atom. The van der Waals surface area contributed by atoms with Crippen LogP contribution >= 0.6 is 11.6 Å². The summed E-state index contributed by atoms with van der Waals surface area (Å²) in [5, 5.41) is 9.86. The van der Waals surface area contributed by atoms with Crippen LogP contribution in [0.1, 0.15) is 47.1 Å². The van der Waals surface area contributed by atoms with E-state index in [1.165, 1.54) is 0 Å². The molecule has 0 spiro atoms. The third-order valence-electron chi connectivity index (χ3n) is 7.18. The second-order valence-electron chi connectivity index (χ2n) is 9.47. The summed E-state index contributed by atoms with van der Waals surface area (Å²) in [7, 11) is 0. The number of nitrogens with zero attached hydrogens (tertiary/aromatic N) is 2. The molecule has 1 aromatic heterocycles. The van der Waals surface area contributed by atoms with Crippen LogP contribution in [-0.4, -0.2) is 38.0 Å². The first-order valence-electron chi connectivity index (χ1n) is 12.2. The Morgan fingerprint density at radius 3 is 2.57 bits per heavy atom. The van der Waals surface area contributed by atoms with E-state index in [0.717, 1.165) is 22.3 Å². The first-order chi connectivity index (χ1) is 17.8. The highest BCUT2D eigenvalue weighted by Gasteiger charge is 2.35. The van der Waals surface area contributed by atoms with Crippen molar-refractivity contribution in [1.29, 1.82) is 0 Å². The summed E-state index contributed by atoms with van der Waals surface area (Å²) >= 11 is 6.62. The van der Waals surface area contributed by atoms with Crippen molar-refractivity contribution in [3.05, 3.63) is 100 Å². The quantitative estimate of drug-likeness (QED) is 0.366. The molecule has 6 N–H and O–H groups in total. The van der Waals surface area contributed by atoms with Crippen LogP contribution in [0.15, 0.2) is 78.0 Å². The molecule has 0 fully saturated rings. The molecule has 5 rings (SSSR count). The number of H-pyrrole nitrogens is 1. The van der Waals surface area contributed by atoms with Gasteiger partial charge in [0.1, 0.15) is 16.7 Å². The summed E-state index contributed by atoms with van der Waals surface area (Å²) in [4.78, 5) is 33.2. The maximum atomic E-state index is 11.5. The second-order valence-corrected chi connectivity index (χ2v) is 9.85. The van der Waals surface area contributed by atoms with Gasteiger partial charge in [-0.05, 0) is 54.2 Å². The normalized spacial score (nSPS) is 20.0. The lowest BCUT2D eigenvalue weighted by atomic mass is 9.81. The largest absolute Gasteiger partial charge is 0.481 e. The number of aromatic amines is 1. The number of carboxylic acids is 1. The molecule has 3 atom stereocenters. The summed E-state index contributed by atoms with van der Waals surface area (Å²) in [5.74, 6) is -0.986. The summed E-state index contributed by atoms with van der Waals surface area (Å²) in [6, 6.07) is 16.7. The number of carbonyl (C=O) groups is 2. The standard InChI is InChI=1S/C28H28ClN5O3/c29-24-23(17-6-8-18(9-7-17)26(31)35)32-27(33-24)22(14-16-4-2-1-3-5-16)34-13-12-19-15-20(28(36)37)10-11-21(19)25(34)30/h1-9,12-13,20,22,25H,10-11,14-15,30H2,(H2,31,35)(H,32,33)(H,36,37). The van der Waals surface area contributed by atoms with Gasteiger partial charge in [0, 0.05) is 23.7 Å². The predicted molar refractivity (Wildman–Crippen MR) is 141 cm³/mol. The molecule has 8 nitrogen and oxygen atoms in total. The summed E-state index contributed by atoms with van der Waals surface area (Å²) in [6.45, 7) is 0. The van der Waals surface area contributed by atoms with Crippen LogP contribution < -0.4 is 11.5 Å². The van der Waals surface area contributed by atoms with Gasteiger partial charge in [0.05, 0.1) is 18.1 Å². The number of carbonyl (C=O) groups excluding carboxylic acids is 1. The van der Waals surface area contributed by atoms with Gasteiger partial charge in [-0.3, -0.25) is 9.59 Å². The third-order valence-corrected chi connectivity index (χ3v) is 7.46. The average Bonchev–Trinajstić information content (AvgIpc) is 3.29. The number of allylic oxidation sites excluding steroid dienone is 2. The lowest BCUT2D eigenvalue weighted by Crippen LogP contribution is -2.46. The zero-order valence-electron chi connectivity index (χ0n) is 20.1. The minimum atomic E-state index is -0.764. The van der Waals surface area contributed by atoms with Crippen LogP contribution in [-0.2, 0) is 11.2 Å². The second kappa shape index (κ2) is 10.2. The molecule has 1 aliphatic heterocycles. The number of primary amides is 1. The number of carboxylic acid groups (broad SMARTS) is 1. The van der Waals surface area contributed by atoms with E-state index in [4.69, 9.17) is 28.1 Å². The first kappa shape index (κ1) is 24.8. The number of benzene rings is 2. The highest BCUT2D eigenvalue weighted by molar-refractivity contribution is 6.31. The Kier molecular flexibility index (Phi) is 6.86. The Bertz CT molecular complexity index is 1380. The van der Waals surface area contributed by atoms with Gasteiger partial charge < -0.3 is 26.5 Å². The topological polar surface area (TPSA) is 138 Å². The molecule has 0 bridgehead atoms. The monoisotopic (exact) mass is 517 g/mol. The molecule has 9 heteroatoms. The van der Waals surface area contributed by atoms with E-state index < -0.39 is 18.0 Å². The lowest BCUT2D eigenvalue weighted by molar-refractivity contribution is -0.142. The smallest absolute Gasteiger partial charge is 0.306 e. The Hall–Kier alpha value is -3.88. The molecule has 0 radical (unpaired) electrons. The molecular formula is C28H28ClN5O3. The lowest BCUT2D eigenvalue weighted by Gasteiger charge is -2.41. The number of hydrogen-bond acceptors (Lipinski definition) is 5. The van der Waals surface area contributed by atoms with Crippen molar-refractivity contribution >= 4 is 23.5 Å². The molecule has 0 saturated carbocycles. The zero-order chi connectivity index (χ0) is 26.1. The molecule has 190 valence electrons. The van der Waals surface area contributed by atoms with Gasteiger partial charge in [0.15, 0.2) is 0 Å².